The summed E-state index contributed by atoms with van der Waals surface area (Å²) in [6.45, 7) is 36.9. The van der Waals surface area contributed by atoms with Gasteiger partial charge >= 0.3 is 0 Å². The summed E-state index contributed by atoms with van der Waals surface area (Å²) in [5, 5.41) is 0. The van der Waals surface area contributed by atoms with Crippen LogP contribution in [-0.2, 0) is 9.57 Å². The van der Waals surface area contributed by atoms with E-state index in [-0.39, 0.29) is 22.2 Å². The first-order chi connectivity index (χ1) is 20.0. The molecule has 0 saturated carbocycles. The molecule has 4 fully saturated rings. The summed E-state index contributed by atoms with van der Waals surface area (Å²) in [4.78, 5) is 19.3. The van der Waals surface area contributed by atoms with E-state index in [9.17, 15) is 0 Å². The molecule has 2 atom stereocenters. The number of nitrogens with one attached hydrogen (secondary N) is 1. The van der Waals surface area contributed by atoms with Crippen LogP contribution in [0.1, 0.15) is 108 Å². The Hall–Kier alpha value is -0.320. The molecule has 0 aromatic rings. The zero-order chi connectivity index (χ0) is 31.5. The van der Waals surface area contributed by atoms with Crippen LogP contribution in [0.25, 0.3) is 0 Å². The lowest BCUT2D eigenvalue weighted by Crippen LogP contribution is -2.57. The standard InChI is InChI=1S/C35H70N6O2/c1-32(2,3)41-20-14-31(27-41)43-36-28-37-21-23-40(24-22-37)35(9,10)16-15-34(7,8)39-18-11-29(12-19-39)25-38-17-13-30(26-38)42-33(4,5)6/h29-31,36H,11-28H2,1-10H3. The van der Waals surface area contributed by atoms with Gasteiger partial charge in [0.1, 0.15) is 0 Å². The number of rotatable bonds is 12. The summed E-state index contributed by atoms with van der Waals surface area (Å²) in [6, 6.07) is 0. The largest absolute Gasteiger partial charge is 0.371 e. The highest BCUT2D eigenvalue weighted by Gasteiger charge is 2.37. The van der Waals surface area contributed by atoms with Gasteiger partial charge in [-0.15, -0.1) is 0 Å². The Balaban J connectivity index is 1.10. The third-order valence-electron chi connectivity index (χ3n) is 10.9. The van der Waals surface area contributed by atoms with Crippen LogP contribution in [0.15, 0.2) is 0 Å². The molecule has 0 spiro atoms. The van der Waals surface area contributed by atoms with E-state index < -0.39 is 0 Å². The molecule has 0 radical (unpaired) electrons. The second-order valence-electron chi connectivity index (χ2n) is 17.5. The average Bonchev–Trinajstić information content (AvgIpc) is 3.57. The lowest BCUT2D eigenvalue weighted by atomic mass is 9.84. The Morgan fingerprint density at radius 3 is 1.70 bits per heavy atom. The lowest BCUT2D eigenvalue weighted by Gasteiger charge is -2.48. The second-order valence-corrected chi connectivity index (χ2v) is 17.5. The molecule has 4 heterocycles. The van der Waals surface area contributed by atoms with Crippen LogP contribution in [0.5, 0.6) is 0 Å². The van der Waals surface area contributed by atoms with Crippen LogP contribution in [0.4, 0.5) is 0 Å². The molecule has 1 N–H and O–H groups in total. The summed E-state index contributed by atoms with van der Waals surface area (Å²) < 4.78 is 6.26. The van der Waals surface area contributed by atoms with Crippen molar-refractivity contribution >= 4 is 0 Å². The number of hydroxylamine groups is 1. The van der Waals surface area contributed by atoms with Crippen molar-refractivity contribution in [3.8, 4) is 0 Å². The molecule has 2 unspecified atom stereocenters. The van der Waals surface area contributed by atoms with Gasteiger partial charge in [-0.1, -0.05) is 0 Å². The summed E-state index contributed by atoms with van der Waals surface area (Å²) in [7, 11) is 0. The van der Waals surface area contributed by atoms with Crippen molar-refractivity contribution in [3.05, 3.63) is 0 Å². The van der Waals surface area contributed by atoms with E-state index >= 15 is 0 Å². The van der Waals surface area contributed by atoms with Gasteiger partial charge in [0.15, 0.2) is 0 Å². The third-order valence-corrected chi connectivity index (χ3v) is 10.9. The minimum atomic E-state index is -0.0304. The van der Waals surface area contributed by atoms with Gasteiger partial charge in [0.2, 0.25) is 0 Å². The molecule has 4 rings (SSSR count). The van der Waals surface area contributed by atoms with Crippen molar-refractivity contribution < 1.29 is 9.57 Å². The molecule has 8 heteroatoms. The van der Waals surface area contributed by atoms with Crippen molar-refractivity contribution in [1.82, 2.24) is 30.0 Å². The molecule has 0 bridgehead atoms. The van der Waals surface area contributed by atoms with Gasteiger partial charge in [-0.25, -0.2) is 0 Å². The number of hydrogen-bond donors (Lipinski definition) is 1. The molecule has 4 aliphatic rings. The van der Waals surface area contributed by atoms with Crippen LogP contribution in [-0.4, -0.2) is 138 Å². The summed E-state index contributed by atoms with van der Waals surface area (Å²) >= 11 is 0. The first kappa shape index (κ1) is 35.5. The Morgan fingerprint density at radius 1 is 0.581 bits per heavy atom. The van der Waals surface area contributed by atoms with Crippen molar-refractivity contribution in [2.75, 3.05) is 78.7 Å². The second kappa shape index (κ2) is 14.6. The van der Waals surface area contributed by atoms with E-state index in [0.717, 1.165) is 64.8 Å². The van der Waals surface area contributed by atoms with Gasteiger partial charge in [-0.05, 0) is 127 Å². The van der Waals surface area contributed by atoms with Gasteiger partial charge in [0.05, 0.1) is 24.5 Å². The number of hydrogen-bond acceptors (Lipinski definition) is 8. The van der Waals surface area contributed by atoms with E-state index in [1.807, 2.05) is 0 Å². The highest BCUT2D eigenvalue weighted by atomic mass is 16.7. The molecular formula is C35H70N6O2. The monoisotopic (exact) mass is 607 g/mol. The summed E-state index contributed by atoms with van der Waals surface area (Å²) in [6.07, 6.45) is 8.20. The van der Waals surface area contributed by atoms with E-state index in [2.05, 4.69) is 99.2 Å². The Morgan fingerprint density at radius 2 is 1.14 bits per heavy atom. The van der Waals surface area contributed by atoms with Gasteiger partial charge in [0.25, 0.3) is 0 Å². The highest BCUT2D eigenvalue weighted by Crippen LogP contribution is 2.32. The van der Waals surface area contributed by atoms with Crippen LogP contribution >= 0.6 is 0 Å². The van der Waals surface area contributed by atoms with Crippen molar-refractivity contribution in [2.24, 2.45) is 5.92 Å². The maximum absolute atomic E-state index is 6.26. The highest BCUT2D eigenvalue weighted by molar-refractivity contribution is 4.92. The summed E-state index contributed by atoms with van der Waals surface area (Å²) in [5.74, 6) is 0.837. The minimum Gasteiger partial charge on any atom is -0.371 e. The normalized spacial score (nSPS) is 27.5. The first-order valence-corrected chi connectivity index (χ1v) is 17.8. The predicted octanol–water partition coefficient (Wildman–Crippen LogP) is 4.89. The maximum Gasteiger partial charge on any atom is 0.0929 e. The van der Waals surface area contributed by atoms with Crippen molar-refractivity contribution in [1.29, 1.82) is 0 Å². The van der Waals surface area contributed by atoms with Crippen molar-refractivity contribution in [2.45, 2.75) is 142 Å². The zero-order valence-corrected chi connectivity index (χ0v) is 30.0. The quantitative estimate of drug-likeness (QED) is 0.315. The van der Waals surface area contributed by atoms with Crippen LogP contribution in [0.3, 0.4) is 0 Å². The smallest absolute Gasteiger partial charge is 0.0929 e. The number of piperazine rings is 1. The Kier molecular flexibility index (Phi) is 12.1. The van der Waals surface area contributed by atoms with E-state index in [1.54, 1.807) is 0 Å². The molecule has 0 aliphatic carbocycles. The van der Waals surface area contributed by atoms with Crippen LogP contribution in [0, 0.1) is 5.92 Å². The molecule has 0 aromatic carbocycles. The minimum absolute atomic E-state index is 0.0304. The molecule has 252 valence electrons. The third kappa shape index (κ3) is 10.9. The van der Waals surface area contributed by atoms with E-state index in [1.165, 1.54) is 58.3 Å². The number of likely N-dealkylation sites (tertiary alicyclic amines) is 3. The topological polar surface area (TPSA) is 46.7 Å². The van der Waals surface area contributed by atoms with Gasteiger partial charge in [0, 0.05) is 75.5 Å². The Labute approximate surface area is 266 Å². The number of ether oxygens (including phenoxy) is 1. The number of piperidine rings is 1. The SMILES string of the molecule is CC(C)(C)OC1CCN(CC2CCN(C(C)(C)CCC(C)(C)N3CCN(CNOC4CCN(C(C)(C)C)C4)CC3)CC2)C1. The lowest BCUT2D eigenvalue weighted by molar-refractivity contribution is -0.0553. The molecule has 0 amide bonds. The van der Waals surface area contributed by atoms with E-state index in [0.29, 0.717) is 12.2 Å². The zero-order valence-electron chi connectivity index (χ0n) is 30.0. The van der Waals surface area contributed by atoms with Gasteiger partial charge < -0.3 is 9.64 Å². The van der Waals surface area contributed by atoms with Crippen LogP contribution < -0.4 is 5.48 Å². The molecule has 8 nitrogen and oxygen atoms in total. The fourth-order valence-electron chi connectivity index (χ4n) is 7.76. The predicted molar refractivity (Wildman–Crippen MR) is 179 cm³/mol. The molecule has 4 saturated heterocycles. The Bertz CT molecular complexity index is 836. The van der Waals surface area contributed by atoms with Crippen molar-refractivity contribution in [3.63, 3.8) is 0 Å². The fraction of sp³-hybridized carbons (Fsp3) is 1.00. The molecule has 0 aromatic heterocycles. The maximum atomic E-state index is 6.26. The van der Waals surface area contributed by atoms with Gasteiger partial charge in [-0.3, -0.25) is 24.4 Å². The first-order valence-electron chi connectivity index (χ1n) is 17.8. The molecule has 43 heavy (non-hydrogen) atoms. The molecular weight excluding hydrogens is 536 g/mol. The van der Waals surface area contributed by atoms with Gasteiger partial charge in [-0.2, -0.15) is 5.48 Å². The van der Waals surface area contributed by atoms with Crippen LogP contribution in [0.2, 0.25) is 0 Å². The molecule has 4 aliphatic heterocycles. The average molecular weight is 607 g/mol. The summed E-state index contributed by atoms with van der Waals surface area (Å²) in [5.41, 5.74) is 3.99. The fourth-order valence-corrected chi connectivity index (χ4v) is 7.76. The number of nitrogens with zero attached hydrogens (tertiary/aromatic N) is 5. The van der Waals surface area contributed by atoms with E-state index in [4.69, 9.17) is 9.57 Å².